The van der Waals surface area contributed by atoms with Crippen LogP contribution in [0.3, 0.4) is 0 Å². The number of ether oxygens (including phenoxy) is 3. The molecule has 378 valence electrons. The maximum Gasteiger partial charge on any atom is 0.306 e. The van der Waals surface area contributed by atoms with Crippen molar-refractivity contribution in [1.29, 1.82) is 0 Å². The number of esters is 3. The minimum Gasteiger partial charge on any atom is -0.462 e. The molecule has 0 aromatic heterocycles. The van der Waals surface area contributed by atoms with Gasteiger partial charge in [-0.25, -0.2) is 0 Å². The fourth-order valence-corrected chi connectivity index (χ4v) is 8.03. The first kappa shape index (κ1) is 62.4. The minimum atomic E-state index is -0.792. The lowest BCUT2D eigenvalue weighted by atomic mass is 10.0. The summed E-state index contributed by atoms with van der Waals surface area (Å²) >= 11 is 0. The third-order valence-electron chi connectivity index (χ3n) is 12.3. The largest absolute Gasteiger partial charge is 0.462 e. The van der Waals surface area contributed by atoms with Gasteiger partial charge in [0, 0.05) is 19.3 Å². The molecule has 0 saturated heterocycles. The van der Waals surface area contributed by atoms with E-state index in [1.165, 1.54) is 180 Å². The van der Waals surface area contributed by atoms with Crippen molar-refractivity contribution in [3.8, 4) is 0 Å². The van der Waals surface area contributed by atoms with Crippen LogP contribution in [0.1, 0.15) is 290 Å². The number of rotatable bonds is 51. The normalized spacial score (nSPS) is 12.4. The number of unbranched alkanes of at least 4 members (excludes halogenated alkanes) is 32. The molecule has 0 unspecified atom stereocenters. The molecule has 0 aliphatic carbocycles. The van der Waals surface area contributed by atoms with Crippen LogP contribution in [0.25, 0.3) is 0 Å². The molecule has 0 fully saturated rings. The van der Waals surface area contributed by atoms with Crippen LogP contribution in [-0.2, 0) is 28.6 Å². The molecular weight excluding hydrogens is 805 g/mol. The second kappa shape index (κ2) is 54.0. The molecule has 0 spiro atoms. The Labute approximate surface area is 403 Å². The Bertz CT molecular complexity index is 1140. The quantitative estimate of drug-likeness (QED) is 0.0262. The monoisotopic (exact) mass is 911 g/mol. The van der Waals surface area contributed by atoms with Gasteiger partial charge in [-0.2, -0.15) is 0 Å². The molecule has 0 heterocycles. The van der Waals surface area contributed by atoms with Crippen molar-refractivity contribution >= 4 is 17.9 Å². The van der Waals surface area contributed by atoms with E-state index in [0.29, 0.717) is 19.3 Å². The molecule has 0 aromatic rings. The van der Waals surface area contributed by atoms with Crippen molar-refractivity contribution in [2.24, 2.45) is 0 Å². The van der Waals surface area contributed by atoms with Crippen LogP contribution in [-0.4, -0.2) is 37.2 Å². The Morgan fingerprint density at radius 2 is 0.554 bits per heavy atom. The predicted octanol–water partition coefficient (Wildman–Crippen LogP) is 18.7. The Morgan fingerprint density at radius 3 is 0.938 bits per heavy atom. The highest BCUT2D eigenvalue weighted by molar-refractivity contribution is 5.71. The van der Waals surface area contributed by atoms with Crippen LogP contribution in [0.2, 0.25) is 0 Å². The van der Waals surface area contributed by atoms with E-state index >= 15 is 0 Å². The van der Waals surface area contributed by atoms with Crippen LogP contribution in [0.15, 0.2) is 48.6 Å². The maximum atomic E-state index is 12.8. The van der Waals surface area contributed by atoms with E-state index in [2.05, 4.69) is 69.4 Å². The maximum absolute atomic E-state index is 12.8. The summed E-state index contributed by atoms with van der Waals surface area (Å²) in [4.78, 5) is 38.1. The number of carbonyl (C=O) groups excluding carboxylic acids is 3. The average Bonchev–Trinajstić information content (AvgIpc) is 3.30. The lowest BCUT2D eigenvalue weighted by Crippen LogP contribution is -2.30. The van der Waals surface area contributed by atoms with Gasteiger partial charge in [-0.05, 0) is 83.5 Å². The molecule has 0 aliphatic heterocycles. The second-order valence-electron chi connectivity index (χ2n) is 18.8. The van der Waals surface area contributed by atoms with Crippen LogP contribution in [0, 0.1) is 0 Å². The van der Waals surface area contributed by atoms with E-state index in [4.69, 9.17) is 14.2 Å². The topological polar surface area (TPSA) is 78.9 Å². The van der Waals surface area contributed by atoms with Gasteiger partial charge < -0.3 is 14.2 Å². The summed E-state index contributed by atoms with van der Waals surface area (Å²) in [5.41, 5.74) is 0. The SMILES string of the molecule is CCCCC/C=C\C/C=C\C/C=C\CCCCC(=O)O[C@@H](COC(=O)CCCCCCCCC/C=C\CCCCCCCCCC)COC(=O)CCCCCCCCCCCCCCC. The van der Waals surface area contributed by atoms with Crippen molar-refractivity contribution in [2.75, 3.05) is 13.2 Å². The zero-order chi connectivity index (χ0) is 47.2. The molecule has 0 aromatic carbocycles. The zero-order valence-electron chi connectivity index (χ0n) is 43.3. The van der Waals surface area contributed by atoms with Gasteiger partial charge in [-0.15, -0.1) is 0 Å². The summed E-state index contributed by atoms with van der Waals surface area (Å²) in [5.74, 6) is -0.918. The van der Waals surface area contributed by atoms with Gasteiger partial charge in [0.15, 0.2) is 6.10 Å². The minimum absolute atomic E-state index is 0.0871. The van der Waals surface area contributed by atoms with E-state index in [-0.39, 0.29) is 37.5 Å². The molecule has 65 heavy (non-hydrogen) atoms. The summed E-state index contributed by atoms with van der Waals surface area (Å²) in [5, 5.41) is 0. The smallest absolute Gasteiger partial charge is 0.306 e. The van der Waals surface area contributed by atoms with E-state index in [9.17, 15) is 14.4 Å². The number of allylic oxidation sites excluding steroid dienone is 8. The fourth-order valence-electron chi connectivity index (χ4n) is 8.03. The molecule has 0 aliphatic rings. The number of carbonyl (C=O) groups is 3. The van der Waals surface area contributed by atoms with Crippen LogP contribution in [0.4, 0.5) is 0 Å². The molecule has 0 radical (unpaired) electrons. The van der Waals surface area contributed by atoms with E-state index in [1.807, 2.05) is 0 Å². The summed E-state index contributed by atoms with van der Waals surface area (Å²) in [6.45, 7) is 6.60. The molecule has 0 rings (SSSR count). The highest BCUT2D eigenvalue weighted by atomic mass is 16.6. The highest BCUT2D eigenvalue weighted by Gasteiger charge is 2.19. The van der Waals surface area contributed by atoms with Gasteiger partial charge in [-0.1, -0.05) is 236 Å². The molecule has 0 amide bonds. The predicted molar refractivity (Wildman–Crippen MR) is 279 cm³/mol. The molecule has 0 saturated carbocycles. The molecule has 0 bridgehead atoms. The number of hydrogen-bond acceptors (Lipinski definition) is 6. The van der Waals surface area contributed by atoms with Gasteiger partial charge in [-0.3, -0.25) is 14.4 Å². The molecular formula is C59H106O6. The molecule has 1 atom stereocenters. The average molecular weight is 911 g/mol. The molecule has 0 N–H and O–H groups in total. The molecule has 6 heteroatoms. The summed E-state index contributed by atoms with van der Waals surface area (Å²) in [6, 6.07) is 0. The van der Waals surface area contributed by atoms with Gasteiger partial charge in [0.2, 0.25) is 0 Å². The van der Waals surface area contributed by atoms with Crippen molar-refractivity contribution in [2.45, 2.75) is 297 Å². The first-order valence-corrected chi connectivity index (χ1v) is 28.1. The van der Waals surface area contributed by atoms with E-state index in [0.717, 1.165) is 64.2 Å². The Balaban J connectivity index is 4.39. The lowest BCUT2D eigenvalue weighted by molar-refractivity contribution is -0.167. The van der Waals surface area contributed by atoms with E-state index in [1.54, 1.807) is 0 Å². The second-order valence-corrected chi connectivity index (χ2v) is 18.8. The first-order valence-electron chi connectivity index (χ1n) is 28.1. The Morgan fingerprint density at radius 1 is 0.308 bits per heavy atom. The van der Waals surface area contributed by atoms with E-state index < -0.39 is 6.10 Å². The number of hydrogen-bond donors (Lipinski definition) is 0. The van der Waals surface area contributed by atoms with Gasteiger partial charge in [0.1, 0.15) is 13.2 Å². The zero-order valence-corrected chi connectivity index (χ0v) is 43.3. The highest BCUT2D eigenvalue weighted by Crippen LogP contribution is 2.15. The van der Waals surface area contributed by atoms with Crippen molar-refractivity contribution < 1.29 is 28.6 Å². The van der Waals surface area contributed by atoms with Crippen LogP contribution >= 0.6 is 0 Å². The van der Waals surface area contributed by atoms with Crippen molar-refractivity contribution in [1.82, 2.24) is 0 Å². The van der Waals surface area contributed by atoms with Crippen LogP contribution < -0.4 is 0 Å². The summed E-state index contributed by atoms with van der Waals surface area (Å²) in [7, 11) is 0. The van der Waals surface area contributed by atoms with Gasteiger partial charge in [0.25, 0.3) is 0 Å². The van der Waals surface area contributed by atoms with Crippen molar-refractivity contribution in [3.63, 3.8) is 0 Å². The fraction of sp³-hybridized carbons (Fsp3) is 0.814. The summed E-state index contributed by atoms with van der Waals surface area (Å²) < 4.78 is 16.8. The third kappa shape index (κ3) is 52.2. The molecule has 6 nitrogen and oxygen atoms in total. The van der Waals surface area contributed by atoms with Gasteiger partial charge >= 0.3 is 17.9 Å². The Kier molecular flexibility index (Phi) is 51.8. The van der Waals surface area contributed by atoms with Crippen LogP contribution in [0.5, 0.6) is 0 Å². The third-order valence-corrected chi connectivity index (χ3v) is 12.3. The Hall–Kier alpha value is -2.63. The lowest BCUT2D eigenvalue weighted by Gasteiger charge is -2.18. The summed E-state index contributed by atoms with van der Waals surface area (Å²) in [6.07, 6.45) is 65.3. The van der Waals surface area contributed by atoms with Crippen molar-refractivity contribution in [3.05, 3.63) is 48.6 Å². The van der Waals surface area contributed by atoms with Gasteiger partial charge in [0.05, 0.1) is 0 Å². The first-order chi connectivity index (χ1) is 32.0. The standard InChI is InChI=1S/C59H106O6/c1-4-7-10-13-16-19-22-25-27-28-29-30-32-34-37-40-43-46-49-52-58(61)64-55-56(54-63-57(60)51-48-45-42-39-36-33-24-21-18-15-12-9-6-3)65-59(62)53-50-47-44-41-38-35-31-26-23-20-17-14-11-8-5-2/h17,20,26,28-29,31,38,41,56H,4-16,18-19,21-25,27,30,32-37,39-40,42-55H2,1-3H3/b20-17-,29-28-,31-26-,41-38-/t56-/m1/s1.